The molecule has 0 bridgehead atoms. The molecule has 6 nitrogen and oxygen atoms in total. The zero-order valence-corrected chi connectivity index (χ0v) is 17.2. The van der Waals surface area contributed by atoms with Gasteiger partial charge in [0, 0.05) is 13.0 Å². The van der Waals surface area contributed by atoms with Gasteiger partial charge in [0.25, 0.3) is 5.91 Å². The van der Waals surface area contributed by atoms with E-state index in [1.165, 1.54) is 17.0 Å². The lowest BCUT2D eigenvalue weighted by Gasteiger charge is -2.27. The van der Waals surface area contributed by atoms with E-state index >= 15 is 0 Å². The van der Waals surface area contributed by atoms with E-state index in [1.54, 1.807) is 12.1 Å². The van der Waals surface area contributed by atoms with E-state index in [2.05, 4.69) is 0 Å². The molecule has 0 radical (unpaired) electrons. The molecule has 0 saturated heterocycles. The molecule has 2 N–H and O–H groups in total. The summed E-state index contributed by atoms with van der Waals surface area (Å²) in [5.41, 5.74) is 1.65. The number of aliphatic hydroxyl groups is 1. The van der Waals surface area contributed by atoms with Crippen molar-refractivity contribution in [2.45, 2.75) is 38.8 Å². The number of phenolic OH excluding ortho intramolecular Hbond substituents is 1. The summed E-state index contributed by atoms with van der Waals surface area (Å²) in [4.78, 5) is 27.3. The quantitative estimate of drug-likeness (QED) is 0.659. The minimum atomic E-state index is -0.761. The van der Waals surface area contributed by atoms with Gasteiger partial charge in [-0.15, -0.1) is 0 Å². The van der Waals surface area contributed by atoms with Crippen molar-refractivity contribution in [3.8, 4) is 5.75 Å². The largest absolute Gasteiger partial charge is 0.508 e. The number of amides is 1. The maximum atomic E-state index is 13.1. The molecule has 1 aliphatic rings. The average molecular weight is 409 g/mol. The first-order chi connectivity index (χ1) is 14.4. The standard InChI is InChI=1S/C24H27NO5/c1-16(2)30-14-13-25-22(18-9-6-10-19(26)15-18)21(23(28)24(25)29)20(27)12-11-17-7-4-3-5-8-17/h3-10,15-16,22,26,28H,11-14H2,1-2H3. The number of carbonyl (C=O) groups is 2. The predicted octanol–water partition coefficient (Wildman–Crippen LogP) is 3.71. The van der Waals surface area contributed by atoms with Crippen molar-refractivity contribution < 1.29 is 24.5 Å². The van der Waals surface area contributed by atoms with Crippen molar-refractivity contribution in [2.24, 2.45) is 0 Å². The Kier molecular flexibility index (Phi) is 6.90. The molecule has 1 unspecified atom stereocenters. The summed E-state index contributed by atoms with van der Waals surface area (Å²) in [6, 6.07) is 15.2. The van der Waals surface area contributed by atoms with E-state index in [0.29, 0.717) is 12.0 Å². The minimum absolute atomic E-state index is 0.00421. The second-order valence-electron chi connectivity index (χ2n) is 7.59. The normalized spacial score (nSPS) is 16.6. The highest BCUT2D eigenvalue weighted by atomic mass is 16.5. The molecule has 1 heterocycles. The zero-order valence-electron chi connectivity index (χ0n) is 17.2. The fourth-order valence-electron chi connectivity index (χ4n) is 3.63. The Bertz CT molecular complexity index is 936. The van der Waals surface area contributed by atoms with Gasteiger partial charge in [0.15, 0.2) is 11.5 Å². The molecule has 30 heavy (non-hydrogen) atoms. The number of phenols is 1. The summed E-state index contributed by atoms with van der Waals surface area (Å²) in [5, 5.41) is 20.5. The molecule has 0 aromatic heterocycles. The van der Waals surface area contributed by atoms with Crippen LogP contribution in [0.15, 0.2) is 65.9 Å². The van der Waals surface area contributed by atoms with Crippen LogP contribution in [0.2, 0.25) is 0 Å². The number of aryl methyl sites for hydroxylation is 1. The van der Waals surface area contributed by atoms with Gasteiger partial charge in [0.2, 0.25) is 0 Å². The maximum Gasteiger partial charge on any atom is 0.290 e. The molecule has 2 aromatic rings. The van der Waals surface area contributed by atoms with Gasteiger partial charge in [0.1, 0.15) is 5.75 Å². The van der Waals surface area contributed by atoms with Gasteiger partial charge < -0.3 is 19.8 Å². The first-order valence-corrected chi connectivity index (χ1v) is 10.1. The Morgan fingerprint density at radius 1 is 1.10 bits per heavy atom. The third-order valence-corrected chi connectivity index (χ3v) is 5.06. The van der Waals surface area contributed by atoms with Crippen LogP contribution in [0.5, 0.6) is 5.75 Å². The van der Waals surface area contributed by atoms with Crippen molar-refractivity contribution in [3.05, 3.63) is 77.1 Å². The van der Waals surface area contributed by atoms with Crippen LogP contribution >= 0.6 is 0 Å². The van der Waals surface area contributed by atoms with Crippen LogP contribution in [0.3, 0.4) is 0 Å². The van der Waals surface area contributed by atoms with E-state index in [1.807, 2.05) is 44.2 Å². The lowest BCUT2D eigenvalue weighted by Crippen LogP contribution is -2.34. The molecule has 1 amide bonds. The Morgan fingerprint density at radius 3 is 2.50 bits per heavy atom. The van der Waals surface area contributed by atoms with Crippen LogP contribution in [0.25, 0.3) is 0 Å². The molecule has 2 aromatic carbocycles. The zero-order chi connectivity index (χ0) is 21.7. The minimum Gasteiger partial charge on any atom is -0.508 e. The summed E-state index contributed by atoms with van der Waals surface area (Å²) in [7, 11) is 0. The van der Waals surface area contributed by atoms with Crippen molar-refractivity contribution >= 4 is 11.7 Å². The van der Waals surface area contributed by atoms with Gasteiger partial charge >= 0.3 is 0 Å². The van der Waals surface area contributed by atoms with E-state index < -0.39 is 17.7 Å². The molecule has 0 aliphatic carbocycles. The Labute approximate surface area is 176 Å². The molecule has 158 valence electrons. The molecule has 3 rings (SSSR count). The molecular formula is C24H27NO5. The van der Waals surface area contributed by atoms with Crippen LogP contribution in [0.4, 0.5) is 0 Å². The van der Waals surface area contributed by atoms with Gasteiger partial charge in [-0.3, -0.25) is 9.59 Å². The Balaban J connectivity index is 1.87. The topological polar surface area (TPSA) is 87.1 Å². The number of nitrogens with zero attached hydrogens (tertiary/aromatic N) is 1. The number of aliphatic hydroxyl groups excluding tert-OH is 1. The number of Topliss-reactive ketones (excluding diaryl/α,β-unsaturated/α-hetero) is 1. The summed E-state index contributed by atoms with van der Waals surface area (Å²) < 4.78 is 5.57. The van der Waals surface area contributed by atoms with Crippen molar-refractivity contribution in [1.29, 1.82) is 0 Å². The molecule has 0 saturated carbocycles. The fourth-order valence-corrected chi connectivity index (χ4v) is 3.63. The second kappa shape index (κ2) is 9.59. The van der Waals surface area contributed by atoms with Crippen LogP contribution in [0.1, 0.15) is 37.4 Å². The van der Waals surface area contributed by atoms with Gasteiger partial charge in [-0.1, -0.05) is 42.5 Å². The van der Waals surface area contributed by atoms with Crippen molar-refractivity contribution in [2.75, 3.05) is 13.2 Å². The van der Waals surface area contributed by atoms with E-state index in [-0.39, 0.29) is 42.8 Å². The number of carbonyl (C=O) groups excluding carboxylic acids is 2. The Morgan fingerprint density at radius 2 is 1.83 bits per heavy atom. The van der Waals surface area contributed by atoms with Gasteiger partial charge in [-0.05, 0) is 43.5 Å². The SMILES string of the molecule is CC(C)OCCN1C(=O)C(O)=C(C(=O)CCc2ccccc2)C1c1cccc(O)c1. The van der Waals surface area contributed by atoms with E-state index in [9.17, 15) is 19.8 Å². The van der Waals surface area contributed by atoms with E-state index in [0.717, 1.165) is 5.56 Å². The first-order valence-electron chi connectivity index (χ1n) is 10.1. The molecule has 6 heteroatoms. The number of ketones is 1. The monoisotopic (exact) mass is 409 g/mol. The first kappa shape index (κ1) is 21.6. The van der Waals surface area contributed by atoms with Gasteiger partial charge in [-0.25, -0.2) is 0 Å². The highest BCUT2D eigenvalue weighted by molar-refractivity contribution is 6.09. The smallest absolute Gasteiger partial charge is 0.290 e. The number of aromatic hydroxyl groups is 1. The van der Waals surface area contributed by atoms with Crippen LogP contribution in [-0.2, 0) is 20.7 Å². The number of hydrogen-bond acceptors (Lipinski definition) is 5. The highest BCUT2D eigenvalue weighted by Gasteiger charge is 2.43. The highest BCUT2D eigenvalue weighted by Crippen LogP contribution is 2.39. The third kappa shape index (κ3) is 4.89. The van der Waals surface area contributed by atoms with E-state index in [4.69, 9.17) is 4.74 Å². The molecule has 1 aliphatic heterocycles. The summed E-state index contributed by atoms with van der Waals surface area (Å²) in [5.74, 6) is -1.38. The Hall–Kier alpha value is -3.12. The molecule has 0 spiro atoms. The van der Waals surface area contributed by atoms with Crippen molar-refractivity contribution in [1.82, 2.24) is 4.90 Å². The van der Waals surface area contributed by atoms with Gasteiger partial charge in [-0.2, -0.15) is 0 Å². The molecular weight excluding hydrogens is 382 g/mol. The molecule has 1 atom stereocenters. The van der Waals surface area contributed by atoms with Crippen LogP contribution in [0, 0.1) is 0 Å². The predicted molar refractivity (Wildman–Crippen MR) is 113 cm³/mol. The third-order valence-electron chi connectivity index (χ3n) is 5.06. The van der Waals surface area contributed by atoms with Gasteiger partial charge in [0.05, 0.1) is 24.3 Å². The number of benzene rings is 2. The lowest BCUT2D eigenvalue weighted by atomic mass is 9.93. The van der Waals surface area contributed by atoms with Crippen LogP contribution in [-0.4, -0.2) is 46.1 Å². The second-order valence-corrected chi connectivity index (χ2v) is 7.59. The number of rotatable bonds is 9. The lowest BCUT2D eigenvalue weighted by molar-refractivity contribution is -0.130. The summed E-state index contributed by atoms with van der Waals surface area (Å²) in [6.45, 7) is 4.29. The summed E-state index contributed by atoms with van der Waals surface area (Å²) >= 11 is 0. The average Bonchev–Trinajstić information content (AvgIpc) is 2.97. The maximum absolute atomic E-state index is 13.1. The fraction of sp³-hybridized carbons (Fsp3) is 0.333. The van der Waals surface area contributed by atoms with Crippen molar-refractivity contribution in [3.63, 3.8) is 0 Å². The summed E-state index contributed by atoms with van der Waals surface area (Å²) in [6.07, 6.45) is 0.673. The van der Waals surface area contributed by atoms with Crippen LogP contribution < -0.4 is 0 Å². The number of ether oxygens (including phenoxy) is 1. The molecule has 0 fully saturated rings. The number of hydrogen-bond donors (Lipinski definition) is 2.